The maximum atomic E-state index is 13.1. The van der Waals surface area contributed by atoms with Crippen molar-refractivity contribution in [2.24, 2.45) is 11.8 Å². The number of carboxylic acids is 1. The minimum atomic E-state index is -5.14. The number of hydrogen-bond acceptors (Lipinski definition) is 7. The summed E-state index contributed by atoms with van der Waals surface area (Å²) in [6.45, 7) is 4.55. The number of carbonyl (C=O) groups is 1. The molecule has 19 heteroatoms. The number of fused-ring (bicyclic) bond motifs is 1. The highest BCUT2D eigenvalue weighted by Crippen LogP contribution is 2.37. The van der Waals surface area contributed by atoms with E-state index in [4.69, 9.17) is 9.90 Å². The molecule has 1 heterocycles. The molecule has 9 nitrogen and oxygen atoms in total. The maximum absolute atomic E-state index is 13.1. The van der Waals surface area contributed by atoms with Gasteiger partial charge in [0.15, 0.2) is 0 Å². The summed E-state index contributed by atoms with van der Waals surface area (Å²) < 4.78 is 138. The molecule has 0 radical (unpaired) electrons. The molecule has 1 saturated carbocycles. The Morgan fingerprint density at radius 2 is 1.35 bits per heavy atom. The van der Waals surface area contributed by atoms with E-state index in [9.17, 15) is 47.9 Å². The highest BCUT2D eigenvalue weighted by Gasteiger charge is 2.39. The highest BCUT2D eigenvalue weighted by molar-refractivity contribution is 7.89. The van der Waals surface area contributed by atoms with Crippen molar-refractivity contribution >= 4 is 38.7 Å². The number of aliphatic carboxylic acids is 1. The highest BCUT2D eigenvalue weighted by atomic mass is 32.2. The zero-order valence-corrected chi connectivity index (χ0v) is 26.2. The second-order valence-corrected chi connectivity index (χ2v) is 13.1. The lowest BCUT2D eigenvalue weighted by atomic mass is 9.82. The number of anilines is 2. The van der Waals surface area contributed by atoms with Gasteiger partial charge in [0.25, 0.3) is 0 Å². The minimum absolute atomic E-state index is 0.0852. The Morgan fingerprint density at radius 1 is 0.854 bits per heavy atom. The lowest BCUT2D eigenvalue weighted by molar-refractivity contribution is -0.192. The van der Waals surface area contributed by atoms with Crippen LogP contribution in [0, 0.1) is 11.8 Å². The first kappa shape index (κ1) is 38.6. The predicted octanol–water partition coefficient (Wildman–Crippen LogP) is 7.32. The van der Waals surface area contributed by atoms with Crippen molar-refractivity contribution in [2.45, 2.75) is 69.0 Å². The number of carboxylic acid groups (broad SMARTS) is 1. The van der Waals surface area contributed by atoms with Gasteiger partial charge < -0.3 is 15.7 Å². The molecule has 2 aromatic carbocycles. The number of alkyl halides is 9. The van der Waals surface area contributed by atoms with Gasteiger partial charge in [-0.05, 0) is 81.7 Å². The first-order valence-corrected chi connectivity index (χ1v) is 15.9. The van der Waals surface area contributed by atoms with E-state index in [0.29, 0.717) is 25.3 Å². The minimum Gasteiger partial charge on any atom is -0.475 e. The number of benzene rings is 2. The van der Waals surface area contributed by atoms with Crippen LogP contribution >= 0.6 is 0 Å². The van der Waals surface area contributed by atoms with Crippen molar-refractivity contribution in [2.75, 3.05) is 23.7 Å². The van der Waals surface area contributed by atoms with E-state index < -0.39 is 50.5 Å². The van der Waals surface area contributed by atoms with Crippen LogP contribution in [0.25, 0.3) is 10.9 Å². The summed E-state index contributed by atoms with van der Waals surface area (Å²) >= 11 is 0. The van der Waals surface area contributed by atoms with E-state index in [-0.39, 0.29) is 42.6 Å². The molecular formula is C29H32F9N5O4S. The lowest BCUT2D eigenvalue weighted by Gasteiger charge is -2.28. The molecule has 1 fully saturated rings. The van der Waals surface area contributed by atoms with Crippen LogP contribution in [0.1, 0.15) is 50.7 Å². The van der Waals surface area contributed by atoms with E-state index >= 15 is 0 Å². The Hall–Kier alpha value is -3.87. The van der Waals surface area contributed by atoms with Crippen LogP contribution in [0.3, 0.4) is 0 Å². The first-order chi connectivity index (χ1) is 22.1. The summed E-state index contributed by atoms with van der Waals surface area (Å²) in [7, 11) is -4.60. The Morgan fingerprint density at radius 3 is 1.83 bits per heavy atom. The summed E-state index contributed by atoms with van der Waals surface area (Å²) in [5, 5.41) is 14.7. The molecule has 0 saturated heterocycles. The first-order valence-electron chi connectivity index (χ1n) is 14.4. The van der Waals surface area contributed by atoms with Gasteiger partial charge in [0, 0.05) is 24.5 Å². The molecule has 0 bridgehead atoms. The summed E-state index contributed by atoms with van der Waals surface area (Å²) in [5.41, 5.74) is -2.56. The molecule has 0 atom stereocenters. The molecule has 1 aliphatic carbocycles. The van der Waals surface area contributed by atoms with Crippen LogP contribution in [0.4, 0.5) is 51.3 Å². The van der Waals surface area contributed by atoms with Gasteiger partial charge >= 0.3 is 24.5 Å². The molecule has 4 N–H and O–H groups in total. The van der Waals surface area contributed by atoms with Gasteiger partial charge in [0.1, 0.15) is 5.82 Å². The zero-order valence-electron chi connectivity index (χ0n) is 25.4. The molecule has 3 aromatic rings. The maximum Gasteiger partial charge on any atom is 0.490 e. The van der Waals surface area contributed by atoms with Gasteiger partial charge in [0.05, 0.1) is 21.5 Å². The smallest absolute Gasteiger partial charge is 0.475 e. The SMILES string of the molecule is CC(C)Nc1nc(NCC2CCC(CNS(=O)(=O)c3cc(C(F)(F)F)cc(C(F)(F)F)c3)CC2)nc2ccccc12.O=C(O)C(F)(F)F. The van der Waals surface area contributed by atoms with Crippen LogP contribution in [-0.4, -0.2) is 54.8 Å². The average molecular weight is 718 g/mol. The monoisotopic (exact) mass is 717 g/mol. The van der Waals surface area contributed by atoms with Crippen molar-refractivity contribution < 1.29 is 57.8 Å². The third-order valence-electron chi connectivity index (χ3n) is 7.22. The Labute approximate surface area is 269 Å². The van der Waals surface area contributed by atoms with Crippen molar-refractivity contribution in [3.05, 3.63) is 53.6 Å². The van der Waals surface area contributed by atoms with Gasteiger partial charge in [-0.2, -0.15) is 44.5 Å². The topological polar surface area (TPSA) is 133 Å². The fraction of sp³-hybridized carbons (Fsp3) is 0.483. The van der Waals surface area contributed by atoms with Crippen molar-refractivity contribution in [3.63, 3.8) is 0 Å². The Kier molecular flexibility index (Phi) is 12.2. The average Bonchev–Trinajstić information content (AvgIpc) is 2.98. The van der Waals surface area contributed by atoms with Crippen LogP contribution in [0.2, 0.25) is 0 Å². The standard InChI is InChI=1S/C27H31F6N5O2S.C2HF3O2/c1-16(2)36-24-22-5-3-4-6-23(22)37-25(38-24)34-14-17-7-9-18(10-8-17)15-35-41(39,40)21-12-19(26(28,29)30)11-20(13-21)27(31,32)33;3-2(4,5)1(6)7/h3-6,11-13,16-18,35H,7-10,14-15H2,1-2H3,(H2,34,36,37,38);(H,6,7). The van der Waals surface area contributed by atoms with Gasteiger partial charge in [0.2, 0.25) is 16.0 Å². The molecule has 1 aliphatic rings. The molecule has 48 heavy (non-hydrogen) atoms. The fourth-order valence-corrected chi connectivity index (χ4v) is 5.99. The molecular weight excluding hydrogens is 685 g/mol. The largest absolute Gasteiger partial charge is 0.490 e. The van der Waals surface area contributed by atoms with Crippen LogP contribution in [-0.2, 0) is 27.2 Å². The fourth-order valence-electron chi connectivity index (χ4n) is 4.81. The molecule has 1 aromatic heterocycles. The van der Waals surface area contributed by atoms with Crippen molar-refractivity contribution in [1.82, 2.24) is 14.7 Å². The molecule has 266 valence electrons. The molecule has 4 rings (SSSR count). The number of rotatable bonds is 9. The van der Waals surface area contributed by atoms with Gasteiger partial charge in [-0.15, -0.1) is 0 Å². The Bertz CT molecular complexity index is 1640. The van der Waals surface area contributed by atoms with Crippen molar-refractivity contribution in [3.8, 4) is 0 Å². The second-order valence-electron chi connectivity index (χ2n) is 11.4. The third kappa shape index (κ3) is 11.1. The van der Waals surface area contributed by atoms with Gasteiger partial charge in [-0.1, -0.05) is 12.1 Å². The number of halogens is 9. The summed E-state index contributed by atoms with van der Waals surface area (Å²) in [4.78, 5) is 17.0. The molecule has 0 amide bonds. The summed E-state index contributed by atoms with van der Waals surface area (Å²) in [5.74, 6) is -1.38. The van der Waals surface area contributed by atoms with Crippen LogP contribution in [0.15, 0.2) is 47.4 Å². The van der Waals surface area contributed by atoms with Crippen molar-refractivity contribution in [1.29, 1.82) is 0 Å². The molecule has 0 spiro atoms. The Balaban J connectivity index is 0.000000804. The van der Waals surface area contributed by atoms with Crippen LogP contribution in [0.5, 0.6) is 0 Å². The zero-order chi connectivity index (χ0) is 36.1. The predicted molar refractivity (Wildman–Crippen MR) is 158 cm³/mol. The van der Waals surface area contributed by atoms with Gasteiger partial charge in [-0.25, -0.2) is 22.9 Å². The molecule has 0 aliphatic heterocycles. The second kappa shape index (κ2) is 15.1. The third-order valence-corrected chi connectivity index (χ3v) is 8.62. The molecule has 0 unspecified atom stereocenters. The number of sulfonamides is 1. The number of aromatic nitrogens is 2. The number of nitrogens with one attached hydrogen (secondary N) is 3. The van der Waals surface area contributed by atoms with E-state index in [1.54, 1.807) is 0 Å². The van der Waals surface area contributed by atoms with Gasteiger partial charge in [-0.3, -0.25) is 0 Å². The number of hydrogen-bond donors (Lipinski definition) is 4. The quantitative estimate of drug-likeness (QED) is 0.169. The number of nitrogens with zero attached hydrogens (tertiary/aromatic N) is 2. The van der Waals surface area contributed by atoms with Crippen LogP contribution < -0.4 is 15.4 Å². The normalized spacial score (nSPS) is 17.5. The van der Waals surface area contributed by atoms with E-state index in [2.05, 4.69) is 25.3 Å². The van der Waals surface area contributed by atoms with E-state index in [1.807, 2.05) is 38.1 Å². The van der Waals surface area contributed by atoms with E-state index in [1.165, 1.54) is 0 Å². The summed E-state index contributed by atoms with van der Waals surface area (Å²) in [6.07, 6.45) is -12.6. The van der Waals surface area contributed by atoms with E-state index in [0.717, 1.165) is 29.6 Å². The summed E-state index contributed by atoms with van der Waals surface area (Å²) in [6, 6.07) is 8.19. The number of para-hydroxylation sites is 1. The lowest BCUT2D eigenvalue weighted by Crippen LogP contribution is -2.32.